The third-order valence-corrected chi connectivity index (χ3v) is 4.37. The number of rotatable bonds is 6. The van der Waals surface area contributed by atoms with Gasteiger partial charge in [-0.15, -0.1) is 0 Å². The van der Waals surface area contributed by atoms with E-state index < -0.39 is 17.4 Å². The number of benzene rings is 2. The minimum absolute atomic E-state index is 0.0654. The molecule has 1 heterocycles. The molecule has 0 aliphatic heterocycles. The highest BCUT2D eigenvalue weighted by Gasteiger charge is 2.16. The Morgan fingerprint density at radius 2 is 1.77 bits per heavy atom. The Hall–Kier alpha value is -4.27. The van der Waals surface area contributed by atoms with Crippen molar-refractivity contribution >= 4 is 23.4 Å². The number of aliphatic carboxylic acids is 1. The van der Waals surface area contributed by atoms with Gasteiger partial charge in [0.1, 0.15) is 11.4 Å². The number of carbonyl (C=O) groups is 2. The van der Waals surface area contributed by atoms with E-state index in [-0.39, 0.29) is 17.8 Å². The lowest BCUT2D eigenvalue weighted by atomic mass is 10.1. The Morgan fingerprint density at radius 3 is 2.33 bits per heavy atom. The molecule has 3 aromatic rings. The lowest BCUT2D eigenvalue weighted by Crippen LogP contribution is -2.29. The van der Waals surface area contributed by atoms with Gasteiger partial charge in [-0.05, 0) is 23.8 Å². The quantitative estimate of drug-likeness (QED) is 0.361. The smallest absolute Gasteiger partial charge is 0.307 e. The number of anilines is 1. The van der Waals surface area contributed by atoms with E-state index in [1.807, 2.05) is 0 Å². The van der Waals surface area contributed by atoms with Crippen LogP contribution >= 0.6 is 0 Å². The van der Waals surface area contributed by atoms with Crippen LogP contribution in [0.5, 0.6) is 0 Å². The van der Waals surface area contributed by atoms with Gasteiger partial charge in [0.25, 0.3) is 11.5 Å². The Labute approximate surface area is 171 Å². The summed E-state index contributed by atoms with van der Waals surface area (Å²) < 4.78 is 1.08. The first-order chi connectivity index (χ1) is 14.2. The van der Waals surface area contributed by atoms with Crippen LogP contribution < -0.4 is 16.6 Å². The van der Waals surface area contributed by atoms with E-state index in [0.29, 0.717) is 28.1 Å². The molecule has 0 spiro atoms. The van der Waals surface area contributed by atoms with Crippen molar-refractivity contribution < 1.29 is 14.7 Å². The number of nitrogens with one attached hydrogen (secondary N) is 2. The zero-order valence-electron chi connectivity index (χ0n) is 16.0. The van der Waals surface area contributed by atoms with Gasteiger partial charge >= 0.3 is 5.97 Å². The number of nitrogens with zero attached hydrogens (tertiary/aromatic N) is 2. The van der Waals surface area contributed by atoms with Gasteiger partial charge in [-0.2, -0.15) is 5.10 Å². The first-order valence-corrected chi connectivity index (χ1v) is 8.90. The number of hydrogen-bond acceptors (Lipinski definition) is 5. The molecule has 0 unspecified atom stereocenters. The summed E-state index contributed by atoms with van der Waals surface area (Å²) in [7, 11) is 1.45. The van der Waals surface area contributed by atoms with Crippen molar-refractivity contribution in [2.45, 2.75) is 6.42 Å². The maximum atomic E-state index is 12.7. The maximum absolute atomic E-state index is 12.7. The van der Waals surface area contributed by atoms with Crippen molar-refractivity contribution in [3.05, 3.63) is 81.6 Å². The third kappa shape index (κ3) is 4.58. The molecule has 0 saturated heterocycles. The molecule has 1 amide bonds. The molecule has 0 fully saturated rings. The monoisotopic (exact) mass is 405 g/mol. The van der Waals surface area contributed by atoms with Crippen molar-refractivity contribution in [1.29, 1.82) is 5.41 Å². The summed E-state index contributed by atoms with van der Waals surface area (Å²) in [6.07, 6.45) is -0.120. The number of nitrogen functional groups attached to an aromatic ring is 1. The second-order valence-corrected chi connectivity index (χ2v) is 6.58. The van der Waals surface area contributed by atoms with E-state index in [4.69, 9.17) is 16.2 Å². The van der Waals surface area contributed by atoms with E-state index in [0.717, 1.165) is 4.68 Å². The van der Waals surface area contributed by atoms with Crippen molar-refractivity contribution in [2.24, 2.45) is 12.8 Å². The highest BCUT2D eigenvalue weighted by molar-refractivity contribution is 6.04. The molecular formula is C21H19N5O4. The number of carboxylic acids is 1. The molecular weight excluding hydrogens is 386 g/mol. The highest BCUT2D eigenvalue weighted by atomic mass is 16.4. The fourth-order valence-corrected chi connectivity index (χ4v) is 2.81. The number of carboxylic acid groups (broad SMARTS) is 1. The van der Waals surface area contributed by atoms with E-state index >= 15 is 0 Å². The lowest BCUT2D eigenvalue weighted by molar-refractivity contribution is -0.136. The zero-order chi connectivity index (χ0) is 21.8. The normalized spacial score (nSPS) is 10.4. The standard InChI is InChI=1S/C21H19N5O4/c1-26-21(30)16(11-17(25-26)13-4-6-14(7-5-13)19(22)23)20(29)24-15-8-2-12(3-9-15)10-18(27)28/h2-9,11H,10H2,1H3,(H3,22,23)(H,24,29)(H,27,28). The largest absolute Gasteiger partial charge is 0.481 e. The van der Waals surface area contributed by atoms with Gasteiger partial charge < -0.3 is 16.2 Å². The van der Waals surface area contributed by atoms with Crippen LogP contribution in [-0.2, 0) is 18.3 Å². The number of hydrogen-bond donors (Lipinski definition) is 4. The summed E-state index contributed by atoms with van der Waals surface area (Å²) in [5.74, 6) is -1.62. The van der Waals surface area contributed by atoms with Gasteiger partial charge in [-0.1, -0.05) is 36.4 Å². The topological polar surface area (TPSA) is 151 Å². The van der Waals surface area contributed by atoms with Crippen LogP contribution in [-0.4, -0.2) is 32.6 Å². The first kappa shape index (κ1) is 20.5. The number of amidine groups is 1. The van der Waals surface area contributed by atoms with Gasteiger partial charge in [-0.3, -0.25) is 19.8 Å². The molecule has 3 rings (SSSR count). The van der Waals surface area contributed by atoms with Gasteiger partial charge in [0, 0.05) is 23.9 Å². The highest BCUT2D eigenvalue weighted by Crippen LogP contribution is 2.18. The Balaban J connectivity index is 1.87. The molecule has 0 atom stereocenters. The third-order valence-electron chi connectivity index (χ3n) is 4.37. The fraction of sp³-hybridized carbons (Fsp3) is 0.0952. The molecule has 1 aromatic heterocycles. The van der Waals surface area contributed by atoms with E-state index in [1.54, 1.807) is 48.5 Å². The van der Waals surface area contributed by atoms with Crippen LogP contribution in [0.3, 0.4) is 0 Å². The SMILES string of the molecule is Cn1nc(-c2ccc(C(=N)N)cc2)cc(C(=O)Nc2ccc(CC(=O)O)cc2)c1=O. The Kier molecular flexibility index (Phi) is 5.73. The Bertz CT molecular complexity index is 1180. The first-order valence-electron chi connectivity index (χ1n) is 8.90. The summed E-state index contributed by atoms with van der Waals surface area (Å²) in [5.41, 5.74) is 7.45. The molecule has 0 aliphatic rings. The molecule has 0 aliphatic carbocycles. The summed E-state index contributed by atoms with van der Waals surface area (Å²) >= 11 is 0. The van der Waals surface area contributed by atoms with Crippen molar-refractivity contribution in [3.63, 3.8) is 0 Å². The van der Waals surface area contributed by atoms with E-state index in [2.05, 4.69) is 10.4 Å². The number of aromatic nitrogens is 2. The van der Waals surface area contributed by atoms with E-state index in [9.17, 15) is 14.4 Å². The summed E-state index contributed by atoms with van der Waals surface area (Å²) in [4.78, 5) is 35.9. The van der Waals surface area contributed by atoms with Crippen molar-refractivity contribution in [1.82, 2.24) is 9.78 Å². The summed E-state index contributed by atoms with van der Waals surface area (Å²) in [5, 5.41) is 23.1. The summed E-state index contributed by atoms with van der Waals surface area (Å²) in [6.45, 7) is 0. The predicted molar refractivity (Wildman–Crippen MR) is 112 cm³/mol. The van der Waals surface area contributed by atoms with Crippen LogP contribution in [0.25, 0.3) is 11.3 Å². The van der Waals surface area contributed by atoms with Crippen LogP contribution in [0.15, 0.2) is 59.4 Å². The van der Waals surface area contributed by atoms with Gasteiger partial charge in [0.05, 0.1) is 12.1 Å². The van der Waals surface area contributed by atoms with Gasteiger partial charge in [0.2, 0.25) is 0 Å². The fourth-order valence-electron chi connectivity index (χ4n) is 2.81. The average Bonchev–Trinajstić information content (AvgIpc) is 2.71. The molecule has 30 heavy (non-hydrogen) atoms. The minimum atomic E-state index is -0.948. The van der Waals surface area contributed by atoms with Crippen LogP contribution in [0.4, 0.5) is 5.69 Å². The lowest BCUT2D eigenvalue weighted by Gasteiger charge is -2.09. The number of amides is 1. The second kappa shape index (κ2) is 8.39. The van der Waals surface area contributed by atoms with Gasteiger partial charge in [0.15, 0.2) is 0 Å². The maximum Gasteiger partial charge on any atom is 0.307 e. The zero-order valence-corrected chi connectivity index (χ0v) is 16.0. The predicted octanol–water partition coefficient (Wildman–Crippen LogP) is 1.61. The molecule has 5 N–H and O–H groups in total. The molecule has 0 bridgehead atoms. The second-order valence-electron chi connectivity index (χ2n) is 6.58. The summed E-state index contributed by atoms with van der Waals surface area (Å²) in [6, 6.07) is 14.4. The van der Waals surface area contributed by atoms with Crippen molar-refractivity contribution in [3.8, 4) is 11.3 Å². The molecule has 9 heteroatoms. The van der Waals surface area contributed by atoms with Gasteiger partial charge in [-0.25, -0.2) is 4.68 Å². The minimum Gasteiger partial charge on any atom is -0.481 e. The molecule has 0 radical (unpaired) electrons. The number of nitrogens with two attached hydrogens (primary N) is 1. The molecule has 0 saturated carbocycles. The van der Waals surface area contributed by atoms with Crippen LogP contribution in [0, 0.1) is 5.41 Å². The van der Waals surface area contributed by atoms with Crippen LogP contribution in [0.2, 0.25) is 0 Å². The molecule has 2 aromatic carbocycles. The van der Waals surface area contributed by atoms with Crippen molar-refractivity contribution in [2.75, 3.05) is 5.32 Å². The Morgan fingerprint density at radius 1 is 1.13 bits per heavy atom. The average molecular weight is 405 g/mol. The van der Waals surface area contributed by atoms with Crippen LogP contribution in [0.1, 0.15) is 21.5 Å². The number of aryl methyl sites for hydroxylation is 1. The number of carbonyl (C=O) groups excluding carboxylic acids is 1. The molecule has 152 valence electrons. The van der Waals surface area contributed by atoms with E-state index in [1.165, 1.54) is 13.1 Å². The molecule has 9 nitrogen and oxygen atoms in total.